The normalized spacial score (nSPS) is 10.1. The van der Waals surface area contributed by atoms with Gasteiger partial charge >= 0.3 is 5.97 Å². The standard InChI is InChI=1S/C12H14N2O5/c15-11(8-13-6-2-5-12(16)17)9-3-1-4-10(7-9)14(18)19/h1,3-4,7,13H,2,5-6,8H2,(H,16,17). The molecule has 102 valence electrons. The first-order chi connectivity index (χ1) is 9.00. The molecular formula is C12H14N2O5. The van der Waals surface area contributed by atoms with Gasteiger partial charge in [0.1, 0.15) is 0 Å². The third-order valence-electron chi connectivity index (χ3n) is 2.41. The smallest absolute Gasteiger partial charge is 0.303 e. The molecule has 7 heteroatoms. The molecule has 0 bridgehead atoms. The van der Waals surface area contributed by atoms with E-state index in [1.54, 1.807) is 0 Å². The molecular weight excluding hydrogens is 252 g/mol. The van der Waals surface area contributed by atoms with E-state index in [4.69, 9.17) is 5.11 Å². The number of rotatable bonds is 8. The van der Waals surface area contributed by atoms with E-state index in [0.717, 1.165) is 0 Å². The Bertz CT molecular complexity index is 487. The zero-order valence-corrected chi connectivity index (χ0v) is 10.2. The van der Waals surface area contributed by atoms with E-state index in [1.165, 1.54) is 24.3 Å². The van der Waals surface area contributed by atoms with Crippen LogP contribution in [0.1, 0.15) is 23.2 Å². The van der Waals surface area contributed by atoms with Crippen LogP contribution in [0, 0.1) is 10.1 Å². The third-order valence-corrected chi connectivity index (χ3v) is 2.41. The minimum absolute atomic E-state index is 0.0286. The number of carboxylic acids is 1. The van der Waals surface area contributed by atoms with Gasteiger partial charge in [0.05, 0.1) is 11.5 Å². The molecule has 0 radical (unpaired) electrons. The summed E-state index contributed by atoms with van der Waals surface area (Å²) in [6.07, 6.45) is 0.468. The molecule has 2 N–H and O–H groups in total. The van der Waals surface area contributed by atoms with Crippen LogP contribution >= 0.6 is 0 Å². The van der Waals surface area contributed by atoms with Gasteiger partial charge in [-0.3, -0.25) is 19.7 Å². The summed E-state index contributed by atoms with van der Waals surface area (Å²) in [4.78, 5) is 32.0. The summed E-state index contributed by atoms with van der Waals surface area (Å²) >= 11 is 0. The van der Waals surface area contributed by atoms with Crippen molar-refractivity contribution in [2.24, 2.45) is 0 Å². The summed E-state index contributed by atoms with van der Waals surface area (Å²) in [5.41, 5.74) is 0.136. The molecule has 0 spiro atoms. The van der Waals surface area contributed by atoms with E-state index in [9.17, 15) is 19.7 Å². The summed E-state index contributed by atoms with van der Waals surface area (Å²) in [6.45, 7) is 0.438. The molecule has 1 aromatic rings. The molecule has 0 aliphatic heterocycles. The van der Waals surface area contributed by atoms with Crippen LogP contribution in [0.25, 0.3) is 0 Å². The van der Waals surface area contributed by atoms with Crippen LogP contribution in [0.4, 0.5) is 5.69 Å². The summed E-state index contributed by atoms with van der Waals surface area (Å²) in [6, 6.07) is 5.50. The fourth-order valence-electron chi connectivity index (χ4n) is 1.46. The van der Waals surface area contributed by atoms with Crippen molar-refractivity contribution in [2.45, 2.75) is 12.8 Å². The van der Waals surface area contributed by atoms with Crippen molar-refractivity contribution in [1.82, 2.24) is 5.32 Å². The lowest BCUT2D eigenvalue weighted by Gasteiger charge is -2.03. The van der Waals surface area contributed by atoms with E-state index in [0.29, 0.717) is 13.0 Å². The number of hydrogen-bond donors (Lipinski definition) is 2. The first kappa shape index (κ1) is 14.8. The van der Waals surface area contributed by atoms with Crippen LogP contribution in [0.3, 0.4) is 0 Å². The number of hydrogen-bond acceptors (Lipinski definition) is 5. The molecule has 0 saturated carbocycles. The largest absolute Gasteiger partial charge is 0.481 e. The van der Waals surface area contributed by atoms with E-state index in [1.807, 2.05) is 0 Å². The highest BCUT2D eigenvalue weighted by Gasteiger charge is 2.10. The number of nitrogens with zero attached hydrogens (tertiary/aromatic N) is 1. The minimum atomic E-state index is -0.883. The lowest BCUT2D eigenvalue weighted by Crippen LogP contribution is -2.24. The maximum absolute atomic E-state index is 11.7. The van der Waals surface area contributed by atoms with Crippen molar-refractivity contribution < 1.29 is 19.6 Å². The number of Topliss-reactive ketones (excluding diaryl/α,β-unsaturated/α-hetero) is 1. The number of nitro benzene ring substituents is 1. The number of non-ortho nitro benzene ring substituents is 1. The number of carboxylic acid groups (broad SMARTS) is 1. The quantitative estimate of drug-likeness (QED) is 0.317. The van der Waals surface area contributed by atoms with E-state index in [2.05, 4.69) is 5.32 Å². The Kier molecular flexibility index (Phi) is 5.62. The van der Waals surface area contributed by atoms with Gasteiger partial charge in [-0.25, -0.2) is 0 Å². The molecule has 0 aliphatic rings. The molecule has 0 aliphatic carbocycles. The molecule has 1 rings (SSSR count). The number of carbonyl (C=O) groups excluding carboxylic acids is 1. The van der Waals surface area contributed by atoms with Crippen LogP contribution in [-0.4, -0.2) is 34.9 Å². The maximum atomic E-state index is 11.7. The second-order valence-electron chi connectivity index (χ2n) is 3.90. The fraction of sp³-hybridized carbons (Fsp3) is 0.333. The summed E-state index contributed by atoms with van der Waals surface area (Å²) in [5, 5.41) is 21.8. The number of carbonyl (C=O) groups is 2. The molecule has 0 aromatic heterocycles. The van der Waals surface area contributed by atoms with Gasteiger partial charge in [-0.15, -0.1) is 0 Å². The Morgan fingerprint density at radius 3 is 2.74 bits per heavy atom. The molecule has 0 saturated heterocycles. The zero-order chi connectivity index (χ0) is 14.3. The van der Waals surface area contributed by atoms with Gasteiger partial charge in [0.2, 0.25) is 0 Å². The lowest BCUT2D eigenvalue weighted by molar-refractivity contribution is -0.384. The van der Waals surface area contributed by atoms with Gasteiger partial charge in [0.25, 0.3) is 5.69 Å². The first-order valence-corrected chi connectivity index (χ1v) is 5.71. The Labute approximate surface area is 109 Å². The number of nitrogens with one attached hydrogen (secondary N) is 1. The zero-order valence-electron chi connectivity index (χ0n) is 10.2. The number of aliphatic carboxylic acids is 1. The summed E-state index contributed by atoms with van der Waals surface area (Å²) in [7, 11) is 0. The Morgan fingerprint density at radius 2 is 2.11 bits per heavy atom. The lowest BCUT2D eigenvalue weighted by atomic mass is 10.1. The average molecular weight is 266 g/mol. The number of ketones is 1. The molecule has 0 heterocycles. The highest BCUT2D eigenvalue weighted by molar-refractivity contribution is 5.98. The van der Waals surface area contributed by atoms with Gasteiger partial charge in [-0.1, -0.05) is 12.1 Å². The Morgan fingerprint density at radius 1 is 1.37 bits per heavy atom. The summed E-state index contributed by atoms with van der Waals surface area (Å²) < 4.78 is 0. The molecule has 0 atom stereocenters. The predicted octanol–water partition coefficient (Wildman–Crippen LogP) is 1.23. The van der Waals surface area contributed by atoms with Crippen LogP contribution in [-0.2, 0) is 4.79 Å². The van der Waals surface area contributed by atoms with Crippen molar-refractivity contribution >= 4 is 17.4 Å². The second kappa shape index (κ2) is 7.22. The second-order valence-corrected chi connectivity index (χ2v) is 3.90. The van der Waals surface area contributed by atoms with Crippen LogP contribution in [0.5, 0.6) is 0 Å². The topological polar surface area (TPSA) is 110 Å². The highest BCUT2D eigenvalue weighted by Crippen LogP contribution is 2.13. The van der Waals surface area contributed by atoms with Crippen LogP contribution in [0.15, 0.2) is 24.3 Å². The molecule has 1 aromatic carbocycles. The van der Waals surface area contributed by atoms with Crippen molar-refractivity contribution in [3.8, 4) is 0 Å². The van der Waals surface area contributed by atoms with Gasteiger partial charge in [0.15, 0.2) is 5.78 Å². The van der Waals surface area contributed by atoms with E-state index >= 15 is 0 Å². The molecule has 19 heavy (non-hydrogen) atoms. The van der Waals surface area contributed by atoms with Crippen molar-refractivity contribution in [3.05, 3.63) is 39.9 Å². The Balaban J connectivity index is 2.43. The van der Waals surface area contributed by atoms with Crippen molar-refractivity contribution in [1.29, 1.82) is 0 Å². The van der Waals surface area contributed by atoms with Crippen LogP contribution in [0.2, 0.25) is 0 Å². The molecule has 7 nitrogen and oxygen atoms in total. The van der Waals surface area contributed by atoms with Gasteiger partial charge in [-0.2, -0.15) is 0 Å². The fourth-order valence-corrected chi connectivity index (χ4v) is 1.46. The highest BCUT2D eigenvalue weighted by atomic mass is 16.6. The summed E-state index contributed by atoms with van der Waals surface area (Å²) in [5.74, 6) is -1.15. The van der Waals surface area contributed by atoms with Gasteiger partial charge < -0.3 is 10.4 Å². The van der Waals surface area contributed by atoms with E-state index < -0.39 is 10.9 Å². The van der Waals surface area contributed by atoms with Crippen molar-refractivity contribution in [2.75, 3.05) is 13.1 Å². The molecule has 0 amide bonds. The average Bonchev–Trinajstić information content (AvgIpc) is 2.37. The molecule has 0 unspecified atom stereocenters. The van der Waals surface area contributed by atoms with E-state index in [-0.39, 0.29) is 30.0 Å². The third kappa shape index (κ3) is 5.26. The first-order valence-electron chi connectivity index (χ1n) is 5.71. The molecule has 0 fully saturated rings. The maximum Gasteiger partial charge on any atom is 0.303 e. The predicted molar refractivity (Wildman–Crippen MR) is 67.2 cm³/mol. The number of nitro groups is 1. The van der Waals surface area contributed by atoms with Gasteiger partial charge in [0, 0.05) is 24.1 Å². The van der Waals surface area contributed by atoms with Crippen LogP contribution < -0.4 is 5.32 Å². The monoisotopic (exact) mass is 266 g/mol. The van der Waals surface area contributed by atoms with Crippen molar-refractivity contribution in [3.63, 3.8) is 0 Å². The van der Waals surface area contributed by atoms with Gasteiger partial charge in [-0.05, 0) is 13.0 Å². The minimum Gasteiger partial charge on any atom is -0.481 e. The SMILES string of the molecule is O=C(O)CCCNCC(=O)c1cccc([N+](=O)[O-])c1. The Hall–Kier alpha value is -2.28. The number of benzene rings is 1.